The first-order valence-electron chi connectivity index (χ1n) is 14.4. The number of nitrogens with zero attached hydrogens (tertiary/aromatic N) is 3. The lowest BCUT2D eigenvalue weighted by Crippen LogP contribution is -2.49. The van der Waals surface area contributed by atoms with Crippen LogP contribution < -0.4 is 15.4 Å². The van der Waals surface area contributed by atoms with E-state index < -0.39 is 12.0 Å². The lowest BCUT2D eigenvalue weighted by Gasteiger charge is -2.41. The molecular weight excluding hydrogens is 525 g/mol. The number of fused-ring (bicyclic) bond motifs is 2. The molecule has 1 amide bonds. The number of benzene rings is 2. The molecule has 3 heterocycles. The first-order valence-corrected chi connectivity index (χ1v) is 14.4. The molecule has 0 radical (unpaired) electrons. The van der Waals surface area contributed by atoms with Crippen LogP contribution in [0, 0.1) is 5.82 Å². The second kappa shape index (κ2) is 12.5. The van der Waals surface area contributed by atoms with E-state index in [0.29, 0.717) is 23.9 Å². The first kappa shape index (κ1) is 28.9. The Morgan fingerprint density at radius 1 is 1.17 bits per heavy atom. The van der Waals surface area contributed by atoms with E-state index in [9.17, 15) is 14.3 Å². The van der Waals surface area contributed by atoms with Crippen LogP contribution in [0.4, 0.5) is 14.9 Å². The third-order valence-corrected chi connectivity index (χ3v) is 7.42. The van der Waals surface area contributed by atoms with E-state index in [2.05, 4.69) is 20.5 Å². The summed E-state index contributed by atoms with van der Waals surface area (Å²) >= 11 is 0. The largest absolute Gasteiger partial charge is 0.450 e. The Kier molecular flexibility index (Phi) is 8.79. The summed E-state index contributed by atoms with van der Waals surface area (Å²) in [5, 5.41) is 17.0. The number of alkyl carbamates (subject to hydrolysis) is 1. The Hall–Kier alpha value is -3.63. The molecule has 3 aliphatic rings. The lowest BCUT2D eigenvalue weighted by molar-refractivity contribution is -0.00598. The number of aliphatic hydroxyl groups excluding tert-OH is 1. The molecule has 3 N–H and O–H groups in total. The number of amides is 1. The highest BCUT2D eigenvalue weighted by Gasteiger charge is 2.33. The Balaban J connectivity index is 1.11. The number of aliphatic imine (C=N–C) groups is 1. The Bertz CT molecular complexity index is 1300. The minimum atomic E-state index is -0.989. The van der Waals surface area contributed by atoms with Gasteiger partial charge in [-0.2, -0.15) is 0 Å². The Morgan fingerprint density at radius 2 is 1.93 bits per heavy atom. The molecule has 1 fully saturated rings. The number of amidine groups is 1. The third-order valence-electron chi connectivity index (χ3n) is 7.42. The van der Waals surface area contributed by atoms with Crippen molar-refractivity contribution in [2.45, 2.75) is 70.9 Å². The van der Waals surface area contributed by atoms with Crippen molar-refractivity contribution < 1.29 is 23.8 Å². The van der Waals surface area contributed by atoms with Gasteiger partial charge in [0.25, 0.3) is 0 Å². The fourth-order valence-corrected chi connectivity index (χ4v) is 5.37. The molecule has 0 spiro atoms. The minimum absolute atomic E-state index is 0.147. The molecule has 1 saturated heterocycles. The second-order valence-corrected chi connectivity index (χ2v) is 11.8. The van der Waals surface area contributed by atoms with Gasteiger partial charge in [-0.3, -0.25) is 0 Å². The van der Waals surface area contributed by atoms with Crippen LogP contribution in [0.15, 0.2) is 59.4 Å². The molecule has 0 aromatic heterocycles. The number of hydrogen-bond donors (Lipinski definition) is 3. The van der Waals surface area contributed by atoms with Crippen molar-refractivity contribution in [3.63, 3.8) is 0 Å². The maximum atomic E-state index is 13.5. The van der Waals surface area contributed by atoms with Crippen LogP contribution in [0.1, 0.15) is 51.2 Å². The summed E-state index contributed by atoms with van der Waals surface area (Å²) in [5.41, 5.74) is 2.36. The minimum Gasteiger partial charge on any atom is -0.450 e. The summed E-state index contributed by atoms with van der Waals surface area (Å²) in [6.07, 6.45) is 4.63. The van der Waals surface area contributed by atoms with Gasteiger partial charge in [0.15, 0.2) is 17.3 Å². The molecule has 41 heavy (non-hydrogen) atoms. The SMILES string of the molecule is CC(C)(C)OC(=O)NCCCN1CCC(N2C=C3Oc4ccc(CCc5cccc(F)c5)cc4NC3=NC2O)CC1. The lowest BCUT2D eigenvalue weighted by atomic mass is 10.0. The number of carbonyl (C=O) groups excluding carboxylic acids is 1. The predicted octanol–water partition coefficient (Wildman–Crippen LogP) is 4.63. The van der Waals surface area contributed by atoms with E-state index in [4.69, 9.17) is 9.47 Å². The van der Waals surface area contributed by atoms with Gasteiger partial charge in [0.2, 0.25) is 6.35 Å². The standard InChI is InChI=1S/C31H40FN5O4/c1-31(2,3)41-30(39)33-14-5-15-36-16-12-24(13-17-36)37-20-27-28(35-29(37)38)34-25-19-22(10-11-26(25)40-27)9-8-21-6-4-7-23(32)18-21/h4,6-7,10-11,18-20,24,29,38H,5,8-9,12-17H2,1-3H3,(H,33,39)(H,34,35). The fraction of sp³-hybridized carbons (Fsp3) is 0.484. The number of likely N-dealkylation sites (tertiary alicyclic amines) is 1. The summed E-state index contributed by atoms with van der Waals surface area (Å²) in [4.78, 5) is 20.6. The summed E-state index contributed by atoms with van der Waals surface area (Å²) < 4.78 is 25.0. The van der Waals surface area contributed by atoms with Gasteiger partial charge < -0.3 is 35.0 Å². The van der Waals surface area contributed by atoms with Crippen molar-refractivity contribution >= 4 is 17.6 Å². The number of piperidine rings is 1. The van der Waals surface area contributed by atoms with Gasteiger partial charge in [0.1, 0.15) is 11.4 Å². The maximum absolute atomic E-state index is 13.5. The topological polar surface area (TPSA) is 98.7 Å². The second-order valence-electron chi connectivity index (χ2n) is 11.8. The summed E-state index contributed by atoms with van der Waals surface area (Å²) in [6.45, 7) is 8.82. The molecular formula is C31H40FN5O4. The number of nitrogens with one attached hydrogen (secondary N) is 2. The first-order chi connectivity index (χ1) is 19.6. The number of anilines is 1. The van der Waals surface area contributed by atoms with Crippen molar-refractivity contribution in [1.82, 2.24) is 15.1 Å². The summed E-state index contributed by atoms with van der Waals surface area (Å²) in [7, 11) is 0. The van der Waals surface area contributed by atoms with Crippen molar-refractivity contribution in [2.24, 2.45) is 4.99 Å². The Labute approximate surface area is 241 Å². The number of aryl methyl sites for hydroxylation is 2. The number of halogens is 1. The summed E-state index contributed by atoms with van der Waals surface area (Å²) in [6, 6.07) is 12.8. The van der Waals surface area contributed by atoms with Crippen LogP contribution in [0.5, 0.6) is 5.75 Å². The third kappa shape index (κ3) is 7.77. The molecule has 3 aliphatic heterocycles. The number of carbonyl (C=O) groups is 1. The monoisotopic (exact) mass is 565 g/mol. The van der Waals surface area contributed by atoms with Gasteiger partial charge in [-0.25, -0.2) is 14.2 Å². The number of hydrogen-bond acceptors (Lipinski definition) is 8. The van der Waals surface area contributed by atoms with Crippen LogP contribution in [0.2, 0.25) is 0 Å². The molecule has 9 nitrogen and oxygen atoms in total. The van der Waals surface area contributed by atoms with Crippen molar-refractivity contribution in [2.75, 3.05) is 31.5 Å². The molecule has 5 rings (SSSR count). The highest BCUT2D eigenvalue weighted by Crippen LogP contribution is 2.35. The Morgan fingerprint density at radius 3 is 2.66 bits per heavy atom. The van der Waals surface area contributed by atoms with Crippen molar-refractivity contribution in [3.8, 4) is 5.75 Å². The highest BCUT2D eigenvalue weighted by molar-refractivity contribution is 6.09. The number of aliphatic hydroxyl groups is 1. The molecule has 0 saturated carbocycles. The zero-order chi connectivity index (χ0) is 29.0. The van der Waals surface area contributed by atoms with Crippen LogP contribution >= 0.6 is 0 Å². The molecule has 1 atom stereocenters. The van der Waals surface area contributed by atoms with E-state index in [1.54, 1.807) is 12.1 Å². The van der Waals surface area contributed by atoms with Crippen molar-refractivity contribution in [1.29, 1.82) is 0 Å². The van der Waals surface area contributed by atoms with Gasteiger partial charge in [0, 0.05) is 25.7 Å². The van der Waals surface area contributed by atoms with Gasteiger partial charge >= 0.3 is 6.09 Å². The van der Waals surface area contributed by atoms with E-state index in [1.165, 1.54) is 6.07 Å². The molecule has 0 bridgehead atoms. The highest BCUT2D eigenvalue weighted by atomic mass is 19.1. The quantitative estimate of drug-likeness (QED) is 0.402. The van der Waals surface area contributed by atoms with E-state index in [0.717, 1.165) is 68.6 Å². The molecule has 10 heteroatoms. The zero-order valence-corrected chi connectivity index (χ0v) is 24.0. The van der Waals surface area contributed by atoms with Crippen LogP contribution in [-0.2, 0) is 17.6 Å². The molecule has 2 aromatic carbocycles. The van der Waals surface area contributed by atoms with E-state index >= 15 is 0 Å². The number of rotatable bonds is 8. The van der Waals surface area contributed by atoms with Gasteiger partial charge in [-0.05, 0) is 94.8 Å². The molecule has 220 valence electrons. The van der Waals surface area contributed by atoms with Crippen LogP contribution in [0.3, 0.4) is 0 Å². The predicted molar refractivity (Wildman–Crippen MR) is 156 cm³/mol. The maximum Gasteiger partial charge on any atom is 0.407 e. The van der Waals surface area contributed by atoms with Crippen LogP contribution in [0.25, 0.3) is 0 Å². The summed E-state index contributed by atoms with van der Waals surface area (Å²) in [5.74, 6) is 1.58. The average molecular weight is 566 g/mol. The molecule has 2 aromatic rings. The van der Waals surface area contributed by atoms with Crippen LogP contribution in [-0.4, -0.2) is 71.0 Å². The van der Waals surface area contributed by atoms with E-state index in [1.807, 2.05) is 56.1 Å². The van der Waals surface area contributed by atoms with Gasteiger partial charge in [-0.15, -0.1) is 0 Å². The smallest absolute Gasteiger partial charge is 0.407 e. The molecule has 1 unspecified atom stereocenters. The zero-order valence-electron chi connectivity index (χ0n) is 24.0. The van der Waals surface area contributed by atoms with Gasteiger partial charge in [0.05, 0.1) is 11.9 Å². The van der Waals surface area contributed by atoms with Crippen molar-refractivity contribution in [3.05, 3.63) is 71.4 Å². The van der Waals surface area contributed by atoms with Gasteiger partial charge in [-0.1, -0.05) is 18.2 Å². The average Bonchev–Trinajstić information content (AvgIpc) is 2.92. The number of ether oxygens (including phenoxy) is 2. The fourth-order valence-electron chi connectivity index (χ4n) is 5.37. The van der Waals surface area contributed by atoms with E-state index in [-0.39, 0.29) is 18.0 Å². The normalized spacial score (nSPS) is 19.2. The molecule has 0 aliphatic carbocycles.